The van der Waals surface area contributed by atoms with Gasteiger partial charge in [-0.05, 0) is 12.1 Å². The van der Waals surface area contributed by atoms with Gasteiger partial charge < -0.3 is 44.9 Å². The minimum Gasteiger partial charge on any atom is -0.462 e. The maximum atomic E-state index is 12.9. The van der Waals surface area contributed by atoms with Gasteiger partial charge in [-0.15, -0.1) is 4.67 Å². The van der Waals surface area contributed by atoms with Crippen LogP contribution in [0.4, 0.5) is 11.5 Å². The first-order valence-corrected chi connectivity index (χ1v) is 16.9. The molecule has 2 saturated heterocycles. The number of benzene rings is 1. The summed E-state index contributed by atoms with van der Waals surface area (Å²) >= 11 is 0. The van der Waals surface area contributed by atoms with E-state index in [4.69, 9.17) is 38.3 Å². The third-order valence-electron chi connectivity index (χ3n) is 6.52. The van der Waals surface area contributed by atoms with Crippen molar-refractivity contribution in [1.82, 2.24) is 19.5 Å². The van der Waals surface area contributed by atoms with Crippen LogP contribution in [0.3, 0.4) is 0 Å². The molecular weight excluding hydrogens is 650 g/mol. The lowest BCUT2D eigenvalue weighted by molar-refractivity contribution is -0.384. The van der Waals surface area contributed by atoms with Crippen LogP contribution in [0.25, 0.3) is 11.2 Å². The van der Waals surface area contributed by atoms with Crippen LogP contribution in [0, 0.1) is 10.1 Å². The number of nitrogens with zero attached hydrogens (tertiary/aromatic N) is 5. The van der Waals surface area contributed by atoms with Crippen LogP contribution in [0.5, 0.6) is 5.75 Å². The topological polar surface area (TPSA) is 292 Å². The molecule has 0 saturated carbocycles. The minimum atomic E-state index is -4.36. The highest BCUT2D eigenvalue weighted by atomic mass is 31.3. The largest absolute Gasteiger partial charge is 0.462 e. The van der Waals surface area contributed by atoms with Crippen molar-refractivity contribution in [2.75, 3.05) is 25.7 Å². The van der Waals surface area contributed by atoms with Gasteiger partial charge in [0, 0.05) is 25.5 Å². The van der Waals surface area contributed by atoms with Crippen LogP contribution in [0.15, 0.2) is 36.9 Å². The first-order valence-electron chi connectivity index (χ1n) is 12.9. The van der Waals surface area contributed by atoms with Gasteiger partial charge in [0.25, 0.3) is 5.69 Å². The van der Waals surface area contributed by atoms with Crippen molar-refractivity contribution in [3.8, 4) is 5.75 Å². The Morgan fingerprint density at radius 2 is 1.67 bits per heavy atom. The van der Waals surface area contributed by atoms with Crippen molar-refractivity contribution in [2.45, 2.75) is 49.3 Å². The molecule has 0 aliphatic carbocycles. The summed E-state index contributed by atoms with van der Waals surface area (Å²) in [5, 5.41) is 52.3. The first-order chi connectivity index (χ1) is 21.2. The first kappa shape index (κ1) is 33.2. The number of nitrogen functional groups attached to an aromatic ring is 1. The Hall–Kier alpha value is -3.17. The summed E-state index contributed by atoms with van der Waals surface area (Å²) in [5.74, 6) is 0.165. The SMILES string of the molecule is CP(=O)(OC[C@H]1O[C@H](Oc2ccc([N+](=O)[O-])cc2)C(O)C1O)OP(C)(=O)OO[C@H]1O[C@@H](n2cnc3c(N)ncnc32)C(O)C1O. The number of nitro benzene ring substituents is 1. The molecule has 246 valence electrons. The molecule has 6 N–H and O–H groups in total. The van der Waals surface area contributed by atoms with Crippen LogP contribution in [-0.2, 0) is 37.0 Å². The van der Waals surface area contributed by atoms with Gasteiger partial charge in [0.15, 0.2) is 17.7 Å². The molecular formula is C22H28N6O15P2. The van der Waals surface area contributed by atoms with Gasteiger partial charge in [0.05, 0.1) is 17.9 Å². The lowest BCUT2D eigenvalue weighted by atomic mass is 10.1. The Morgan fingerprint density at radius 3 is 2.36 bits per heavy atom. The molecule has 5 rings (SSSR count). The van der Waals surface area contributed by atoms with Crippen molar-refractivity contribution in [3.63, 3.8) is 0 Å². The number of aliphatic hydroxyl groups excluding tert-OH is 4. The van der Waals surface area contributed by atoms with Crippen molar-refractivity contribution in [2.24, 2.45) is 0 Å². The summed E-state index contributed by atoms with van der Waals surface area (Å²) in [4.78, 5) is 27.0. The summed E-state index contributed by atoms with van der Waals surface area (Å²) in [6.45, 7) is 1.19. The van der Waals surface area contributed by atoms with E-state index in [0.29, 0.717) is 0 Å². The van der Waals surface area contributed by atoms with E-state index in [2.05, 4.69) is 15.0 Å². The highest BCUT2D eigenvalue weighted by Crippen LogP contribution is 2.61. The Labute approximate surface area is 252 Å². The Morgan fingerprint density at radius 1 is 0.978 bits per heavy atom. The van der Waals surface area contributed by atoms with E-state index in [0.717, 1.165) is 19.7 Å². The summed E-state index contributed by atoms with van der Waals surface area (Å²) in [6.07, 6.45) is -9.74. The molecule has 0 radical (unpaired) electrons. The number of imidazole rings is 1. The number of nitro groups is 1. The van der Waals surface area contributed by atoms with E-state index in [9.17, 15) is 39.7 Å². The van der Waals surface area contributed by atoms with Crippen molar-refractivity contribution in [1.29, 1.82) is 0 Å². The number of nitrogens with two attached hydrogens (primary N) is 1. The van der Waals surface area contributed by atoms with Gasteiger partial charge in [0.2, 0.25) is 12.6 Å². The molecule has 2 aliphatic rings. The smallest absolute Gasteiger partial charge is 0.362 e. The summed E-state index contributed by atoms with van der Waals surface area (Å²) in [6, 6.07) is 4.86. The molecule has 2 aliphatic heterocycles. The fourth-order valence-electron chi connectivity index (χ4n) is 4.36. The second-order valence-electron chi connectivity index (χ2n) is 9.94. The van der Waals surface area contributed by atoms with E-state index in [-0.39, 0.29) is 28.4 Å². The second kappa shape index (κ2) is 12.9. The van der Waals surface area contributed by atoms with E-state index >= 15 is 0 Å². The van der Waals surface area contributed by atoms with Gasteiger partial charge in [-0.3, -0.25) is 23.8 Å². The molecule has 3 aromatic rings. The summed E-state index contributed by atoms with van der Waals surface area (Å²) in [5.41, 5.74) is 5.97. The fraction of sp³-hybridized carbons (Fsp3) is 0.500. The molecule has 10 atom stereocenters. The predicted molar refractivity (Wildman–Crippen MR) is 146 cm³/mol. The molecule has 45 heavy (non-hydrogen) atoms. The molecule has 0 spiro atoms. The molecule has 0 bridgehead atoms. The number of fused-ring (bicyclic) bond motifs is 1. The maximum absolute atomic E-state index is 12.9. The van der Waals surface area contributed by atoms with E-state index in [1.165, 1.54) is 35.2 Å². The van der Waals surface area contributed by atoms with Gasteiger partial charge >= 0.3 is 15.2 Å². The molecule has 23 heteroatoms. The average Bonchev–Trinajstić information content (AvgIpc) is 3.61. The summed E-state index contributed by atoms with van der Waals surface area (Å²) < 4.78 is 58.4. The highest BCUT2D eigenvalue weighted by Gasteiger charge is 2.48. The monoisotopic (exact) mass is 678 g/mol. The molecule has 0 amide bonds. The Kier molecular flexibility index (Phi) is 9.53. The molecule has 2 fully saturated rings. The zero-order valence-electron chi connectivity index (χ0n) is 23.3. The van der Waals surface area contributed by atoms with E-state index in [1.807, 2.05) is 0 Å². The van der Waals surface area contributed by atoms with Crippen LogP contribution in [-0.4, -0.2) is 108 Å². The number of ether oxygens (including phenoxy) is 3. The molecule has 1 aromatic carbocycles. The van der Waals surface area contributed by atoms with Crippen molar-refractivity contribution >= 4 is 37.9 Å². The molecule has 6 unspecified atom stereocenters. The van der Waals surface area contributed by atoms with Gasteiger partial charge in [-0.1, -0.05) is 0 Å². The lowest BCUT2D eigenvalue weighted by Gasteiger charge is -2.22. The fourth-order valence-corrected chi connectivity index (χ4v) is 7.47. The second-order valence-corrected chi connectivity index (χ2v) is 14.1. The van der Waals surface area contributed by atoms with Crippen molar-refractivity contribution in [3.05, 3.63) is 47.0 Å². The van der Waals surface area contributed by atoms with Gasteiger partial charge in [0.1, 0.15) is 48.1 Å². The number of anilines is 1. The third kappa shape index (κ3) is 7.30. The highest BCUT2D eigenvalue weighted by molar-refractivity contribution is 7.66. The summed E-state index contributed by atoms with van der Waals surface area (Å²) in [7, 11) is -8.58. The number of aromatic nitrogens is 4. The number of hydrogen-bond donors (Lipinski definition) is 5. The predicted octanol–water partition coefficient (Wildman–Crippen LogP) is 0.0463. The van der Waals surface area contributed by atoms with Gasteiger partial charge in [-0.2, -0.15) is 4.89 Å². The third-order valence-corrected chi connectivity index (χ3v) is 9.87. The zero-order valence-corrected chi connectivity index (χ0v) is 25.1. The van der Waals surface area contributed by atoms with Crippen LogP contribution < -0.4 is 10.5 Å². The van der Waals surface area contributed by atoms with Gasteiger partial charge in [-0.25, -0.2) is 19.3 Å². The van der Waals surface area contributed by atoms with E-state index in [1.54, 1.807) is 0 Å². The lowest BCUT2D eigenvalue weighted by Crippen LogP contribution is -2.35. The van der Waals surface area contributed by atoms with Crippen molar-refractivity contribution < 1.29 is 67.1 Å². The Bertz CT molecular complexity index is 1630. The quantitative estimate of drug-likeness (QED) is 0.0731. The van der Waals surface area contributed by atoms with Crippen LogP contribution in [0.2, 0.25) is 0 Å². The zero-order chi connectivity index (χ0) is 32.7. The maximum Gasteiger partial charge on any atom is 0.362 e. The number of hydrogen-bond acceptors (Lipinski definition) is 19. The molecule has 21 nitrogen and oxygen atoms in total. The standard InChI is InChI=1S/C22H28N6O15P2/c1-44(35,37-7-12-14(29)16(31)21(39-12)38-11-5-3-10(4-6-11)28(33)34)43-45(2,36)42-41-22-17(32)15(30)20(40-22)27-9-26-13-18(23)24-8-25-19(13)27/h3-6,8-9,12,14-17,20-22,29-32H,7H2,1-2H3,(H2,23,24,25)/t12-,14?,15?,16?,17?,20-,21+,22-,44?,45?/m1/s1. The van der Waals surface area contributed by atoms with Crippen LogP contribution >= 0.6 is 15.2 Å². The van der Waals surface area contributed by atoms with Crippen LogP contribution in [0.1, 0.15) is 6.23 Å². The Balaban J connectivity index is 1.13. The normalized spacial score (nSPS) is 31.1. The molecule has 4 heterocycles. The molecule has 2 aromatic heterocycles. The number of aliphatic hydroxyl groups is 4. The van der Waals surface area contributed by atoms with E-state index < -0.39 is 76.0 Å². The number of rotatable bonds is 12. The average molecular weight is 678 g/mol. The number of non-ortho nitro benzene ring substituents is 1. The minimum absolute atomic E-state index is 0.0683.